The molecule has 0 aliphatic heterocycles. The highest BCUT2D eigenvalue weighted by Gasteiger charge is 2.12. The van der Waals surface area contributed by atoms with Gasteiger partial charge in [-0.1, -0.05) is 48.4 Å². The third kappa shape index (κ3) is 4.86. The van der Waals surface area contributed by atoms with Gasteiger partial charge in [-0.3, -0.25) is 0 Å². The molecule has 1 unspecified atom stereocenters. The van der Waals surface area contributed by atoms with Crippen LogP contribution in [0.4, 0.5) is 0 Å². The molecule has 3 heteroatoms. The molecule has 108 valence electrons. The predicted octanol–water partition coefficient (Wildman–Crippen LogP) is 3.44. The lowest BCUT2D eigenvalue weighted by molar-refractivity contribution is 0.474. The van der Waals surface area contributed by atoms with Crippen molar-refractivity contribution in [1.82, 2.24) is 5.32 Å². The number of hydrogen-bond acceptors (Lipinski definition) is 3. The molecule has 2 aromatic rings. The lowest BCUT2D eigenvalue weighted by Gasteiger charge is -2.20. The van der Waals surface area contributed by atoms with Gasteiger partial charge in [0.15, 0.2) is 0 Å². The van der Waals surface area contributed by atoms with Gasteiger partial charge in [0, 0.05) is 12.3 Å². The molecule has 0 saturated carbocycles. The first-order chi connectivity index (χ1) is 10.3. The van der Waals surface area contributed by atoms with Crippen molar-refractivity contribution >= 4 is 11.8 Å². The van der Waals surface area contributed by atoms with Gasteiger partial charge in [-0.15, -0.1) is 18.2 Å². The van der Waals surface area contributed by atoms with Crippen molar-refractivity contribution in [2.75, 3.05) is 18.1 Å². The zero-order valence-electron chi connectivity index (χ0n) is 11.8. The van der Waals surface area contributed by atoms with Gasteiger partial charge in [0.25, 0.3) is 0 Å². The van der Waals surface area contributed by atoms with E-state index in [1.165, 1.54) is 5.56 Å². The van der Waals surface area contributed by atoms with Crippen LogP contribution >= 0.6 is 11.8 Å². The Kier molecular flexibility index (Phi) is 6.21. The maximum Gasteiger partial charge on any atom is 0.115 e. The average molecular weight is 297 g/mol. The summed E-state index contributed by atoms with van der Waals surface area (Å²) in [6.45, 7) is 0.882. The second-order valence-corrected chi connectivity index (χ2v) is 5.75. The average Bonchev–Trinajstić information content (AvgIpc) is 2.53. The van der Waals surface area contributed by atoms with Crippen molar-refractivity contribution in [3.8, 4) is 18.1 Å². The van der Waals surface area contributed by atoms with Gasteiger partial charge in [-0.2, -0.15) is 0 Å². The van der Waals surface area contributed by atoms with Crippen molar-refractivity contribution in [2.45, 2.75) is 6.04 Å². The minimum atomic E-state index is 0.123. The van der Waals surface area contributed by atoms with Gasteiger partial charge in [-0.05, 0) is 23.3 Å². The quantitative estimate of drug-likeness (QED) is 0.606. The van der Waals surface area contributed by atoms with Gasteiger partial charge in [0.05, 0.1) is 11.8 Å². The van der Waals surface area contributed by atoms with Crippen LogP contribution in [0.1, 0.15) is 17.2 Å². The minimum Gasteiger partial charge on any atom is -0.508 e. The maximum absolute atomic E-state index is 9.44. The van der Waals surface area contributed by atoms with Crippen molar-refractivity contribution in [3.63, 3.8) is 0 Å². The Bertz CT molecular complexity index is 574. The third-order valence-corrected chi connectivity index (χ3v) is 4.00. The molecule has 1 atom stereocenters. The number of aromatic hydroxyl groups is 1. The Morgan fingerprint density at radius 3 is 2.38 bits per heavy atom. The van der Waals surface area contributed by atoms with Crippen molar-refractivity contribution < 1.29 is 5.11 Å². The van der Waals surface area contributed by atoms with Crippen LogP contribution in [-0.4, -0.2) is 23.2 Å². The zero-order valence-corrected chi connectivity index (χ0v) is 12.6. The number of nitrogens with one attached hydrogen (secondary N) is 1. The maximum atomic E-state index is 9.44. The zero-order chi connectivity index (χ0) is 14.9. The number of hydrogen-bond donors (Lipinski definition) is 2. The van der Waals surface area contributed by atoms with Crippen LogP contribution in [0.5, 0.6) is 5.75 Å². The summed E-state index contributed by atoms with van der Waals surface area (Å²) in [4.78, 5) is 0. The van der Waals surface area contributed by atoms with Gasteiger partial charge in [0.1, 0.15) is 5.75 Å². The van der Waals surface area contributed by atoms with Crippen LogP contribution in [0, 0.1) is 12.3 Å². The monoisotopic (exact) mass is 297 g/mol. The number of rotatable bonds is 7. The largest absolute Gasteiger partial charge is 0.508 e. The van der Waals surface area contributed by atoms with Crippen LogP contribution in [0.15, 0.2) is 54.6 Å². The molecule has 0 fully saturated rings. The van der Waals surface area contributed by atoms with Crippen LogP contribution in [0.3, 0.4) is 0 Å². The highest BCUT2D eigenvalue weighted by molar-refractivity contribution is 7.99. The van der Waals surface area contributed by atoms with Crippen molar-refractivity contribution in [3.05, 3.63) is 65.7 Å². The van der Waals surface area contributed by atoms with Crippen LogP contribution in [-0.2, 0) is 0 Å². The van der Waals surface area contributed by atoms with E-state index in [9.17, 15) is 5.11 Å². The molecule has 0 aromatic heterocycles. The molecule has 2 N–H and O–H groups in total. The molecule has 0 heterocycles. The van der Waals surface area contributed by atoms with Crippen LogP contribution < -0.4 is 5.32 Å². The Balaban J connectivity index is 2.08. The number of phenolic OH excluding ortho intramolecular Hbond substituents is 1. The first kappa shape index (κ1) is 15.5. The number of benzene rings is 2. The van der Waals surface area contributed by atoms with E-state index in [4.69, 9.17) is 6.42 Å². The van der Waals surface area contributed by atoms with Gasteiger partial charge >= 0.3 is 0 Å². The lowest BCUT2D eigenvalue weighted by atomic mass is 9.98. The summed E-state index contributed by atoms with van der Waals surface area (Å²) in [5.74, 6) is 4.64. The van der Waals surface area contributed by atoms with E-state index >= 15 is 0 Å². The highest BCUT2D eigenvalue weighted by atomic mass is 32.2. The fourth-order valence-corrected chi connectivity index (χ4v) is 2.67. The van der Waals surface area contributed by atoms with E-state index in [1.54, 1.807) is 23.9 Å². The molecule has 0 aliphatic carbocycles. The predicted molar refractivity (Wildman–Crippen MR) is 90.6 cm³/mol. The van der Waals surface area contributed by atoms with E-state index < -0.39 is 0 Å². The van der Waals surface area contributed by atoms with Crippen LogP contribution in [0.25, 0.3) is 0 Å². The smallest absolute Gasteiger partial charge is 0.115 e. The van der Waals surface area contributed by atoms with Crippen molar-refractivity contribution in [2.24, 2.45) is 0 Å². The van der Waals surface area contributed by atoms with Crippen LogP contribution in [0.2, 0.25) is 0 Å². The summed E-state index contributed by atoms with van der Waals surface area (Å²) in [5.41, 5.74) is 2.35. The molecular weight excluding hydrogens is 278 g/mol. The van der Waals surface area contributed by atoms with E-state index in [2.05, 4.69) is 23.4 Å². The summed E-state index contributed by atoms with van der Waals surface area (Å²) in [5, 5.41) is 13.0. The third-order valence-electron chi connectivity index (χ3n) is 3.14. The molecule has 0 aliphatic rings. The molecule has 0 bridgehead atoms. The summed E-state index contributed by atoms with van der Waals surface area (Å²) < 4.78 is 0. The second kappa shape index (κ2) is 8.41. The minimum absolute atomic E-state index is 0.123. The second-order valence-electron chi connectivity index (χ2n) is 4.65. The summed E-state index contributed by atoms with van der Waals surface area (Å²) in [7, 11) is 0. The fraction of sp³-hybridized carbons (Fsp3) is 0.222. The molecule has 2 rings (SSSR count). The normalized spacial score (nSPS) is 11.8. The molecule has 0 spiro atoms. The molecule has 0 saturated heterocycles. The lowest BCUT2D eigenvalue weighted by Crippen LogP contribution is -2.24. The first-order valence-corrected chi connectivity index (χ1v) is 8.05. The Labute approximate surface area is 130 Å². The number of phenols is 1. The SMILES string of the molecule is C#CCSCCNC(c1ccccc1)c1ccc(O)cc1. The van der Waals surface area contributed by atoms with E-state index in [0.717, 1.165) is 23.6 Å². The van der Waals surface area contributed by atoms with E-state index in [0.29, 0.717) is 0 Å². The van der Waals surface area contributed by atoms with Gasteiger partial charge < -0.3 is 10.4 Å². The summed E-state index contributed by atoms with van der Waals surface area (Å²) >= 11 is 1.75. The van der Waals surface area contributed by atoms with Gasteiger partial charge in [-0.25, -0.2) is 0 Å². The molecule has 21 heavy (non-hydrogen) atoms. The summed E-state index contributed by atoms with van der Waals surface area (Å²) in [6, 6.07) is 17.8. The molecule has 0 radical (unpaired) electrons. The highest BCUT2D eigenvalue weighted by Crippen LogP contribution is 2.23. The molecular formula is C18H19NOS. The standard InChI is InChI=1S/C18H19NOS/c1-2-13-21-14-12-19-18(15-6-4-3-5-7-15)16-8-10-17(20)11-9-16/h1,3-11,18-20H,12-14H2. The van der Waals surface area contributed by atoms with E-state index in [-0.39, 0.29) is 11.8 Å². The molecule has 2 aromatic carbocycles. The topological polar surface area (TPSA) is 32.3 Å². The van der Waals surface area contributed by atoms with Crippen molar-refractivity contribution in [1.29, 1.82) is 0 Å². The Hall–Kier alpha value is -1.89. The first-order valence-electron chi connectivity index (χ1n) is 6.89. The Morgan fingerprint density at radius 1 is 1.05 bits per heavy atom. The number of terminal acetylenes is 1. The Morgan fingerprint density at radius 2 is 1.71 bits per heavy atom. The van der Waals surface area contributed by atoms with E-state index in [1.807, 2.05) is 30.3 Å². The fourth-order valence-electron chi connectivity index (χ4n) is 2.15. The van der Waals surface area contributed by atoms with Gasteiger partial charge in [0.2, 0.25) is 0 Å². The molecule has 2 nitrogen and oxygen atoms in total. The number of thioether (sulfide) groups is 1. The molecule has 0 amide bonds. The summed E-state index contributed by atoms with van der Waals surface area (Å²) in [6.07, 6.45) is 5.25.